The summed E-state index contributed by atoms with van der Waals surface area (Å²) in [6.07, 6.45) is -2.15. The van der Waals surface area contributed by atoms with Crippen LogP contribution in [0.3, 0.4) is 0 Å². The smallest absolute Gasteiger partial charge is 0.382 e. The van der Waals surface area contributed by atoms with E-state index in [0.29, 0.717) is 30.4 Å². The van der Waals surface area contributed by atoms with E-state index in [1.54, 1.807) is 6.08 Å². The molecule has 2 aliphatic heterocycles. The van der Waals surface area contributed by atoms with Gasteiger partial charge < -0.3 is 24.3 Å². The first-order valence-electron chi connectivity index (χ1n) is 15.4. The Bertz CT molecular complexity index is 1740. The third kappa shape index (κ3) is 3.39. The molecule has 9 heteroatoms. The van der Waals surface area contributed by atoms with E-state index in [2.05, 4.69) is 31.0 Å². The number of rotatable bonds is 3. The molecule has 1 saturated heterocycles. The van der Waals surface area contributed by atoms with Crippen molar-refractivity contribution in [3.05, 3.63) is 82.6 Å². The van der Waals surface area contributed by atoms with E-state index in [4.69, 9.17) is 14.2 Å². The van der Waals surface area contributed by atoms with E-state index in [-0.39, 0.29) is 18.3 Å². The molecule has 2 N–H and O–H groups in total. The summed E-state index contributed by atoms with van der Waals surface area (Å²) in [6.45, 7) is 8.00. The van der Waals surface area contributed by atoms with Crippen LogP contribution in [-0.2, 0) is 43.6 Å². The van der Waals surface area contributed by atoms with Crippen molar-refractivity contribution >= 4 is 16.7 Å². The molecule has 6 nitrogen and oxygen atoms in total. The highest BCUT2D eigenvalue weighted by molar-refractivity contribution is 5.97. The number of carbonyl (C=O) groups excluding carboxylic acids is 1. The van der Waals surface area contributed by atoms with Gasteiger partial charge in [0.05, 0.1) is 18.3 Å². The van der Waals surface area contributed by atoms with E-state index in [0.717, 1.165) is 29.8 Å². The Hall–Kier alpha value is -2.98. The van der Waals surface area contributed by atoms with E-state index < -0.39 is 51.8 Å². The average molecular weight is 608 g/mol. The van der Waals surface area contributed by atoms with Crippen molar-refractivity contribution in [2.45, 2.75) is 101 Å². The van der Waals surface area contributed by atoms with Crippen LogP contribution in [0.5, 0.6) is 0 Å². The van der Waals surface area contributed by atoms with E-state index in [1.807, 2.05) is 26.0 Å². The Labute approximate surface area is 253 Å². The number of hydrogen-bond acceptors (Lipinski definition) is 5. The molecule has 5 aliphatic rings. The standard InChI is InChI=1S/C35H36F3NO5/c1-30(2)29-25(40)17-26-33(43-29,44-30)14-13-31(3)32(4)21(15-23-22-7-5-6-8-24(22)39-28(23)32)16-27(34(26,31)41)42-18-19-9-11-20(12-10-19)35(36,37)38/h5-12,17,21,27,29,39,41H,13-16,18H2,1-4H3/t21-,27+,29?,31?,32-,33?,34+/m1/s1. The first kappa shape index (κ1) is 28.5. The number of benzene rings is 2. The lowest BCUT2D eigenvalue weighted by molar-refractivity contribution is -0.282. The summed E-state index contributed by atoms with van der Waals surface area (Å²) in [7, 11) is 0. The van der Waals surface area contributed by atoms with Crippen molar-refractivity contribution in [3.63, 3.8) is 0 Å². The molecule has 0 amide bonds. The number of aromatic amines is 1. The van der Waals surface area contributed by atoms with Crippen molar-refractivity contribution in [3.8, 4) is 0 Å². The first-order valence-corrected chi connectivity index (χ1v) is 15.4. The number of hydrogen-bond donors (Lipinski definition) is 2. The SMILES string of the molecule is CC1(C)OC23CCC4(C)[C@@]5(C)c6[nH]c7ccccc7c6C[C@@H]5C[C@H](OCc5ccc(C(F)(F)F)cc5)[C@@]4(O)C2=CC(=O)C1O3. The van der Waals surface area contributed by atoms with Gasteiger partial charge in [0.1, 0.15) is 11.2 Å². The summed E-state index contributed by atoms with van der Waals surface area (Å²) in [4.78, 5) is 17.2. The minimum Gasteiger partial charge on any atom is -0.382 e. The van der Waals surface area contributed by atoms with Crippen LogP contribution in [0.4, 0.5) is 13.2 Å². The molecule has 1 aromatic heterocycles. The van der Waals surface area contributed by atoms with Crippen molar-refractivity contribution in [1.82, 2.24) is 4.98 Å². The largest absolute Gasteiger partial charge is 0.416 e. The lowest BCUT2D eigenvalue weighted by Gasteiger charge is -2.67. The number of fused-ring (bicyclic) bond motifs is 9. The average Bonchev–Trinajstić information content (AvgIpc) is 3.56. The molecule has 7 atom stereocenters. The number of aromatic nitrogens is 1. The summed E-state index contributed by atoms with van der Waals surface area (Å²) in [6, 6.07) is 13.1. The molecule has 3 unspecified atom stereocenters. The monoisotopic (exact) mass is 607 g/mol. The topological polar surface area (TPSA) is 80.8 Å². The highest BCUT2D eigenvalue weighted by Gasteiger charge is 2.78. The summed E-state index contributed by atoms with van der Waals surface area (Å²) in [5.41, 5.74) is -0.258. The maximum Gasteiger partial charge on any atom is 0.416 e. The summed E-state index contributed by atoms with van der Waals surface area (Å²) in [5, 5.41) is 14.5. The normalized spacial score (nSPS) is 38.6. The maximum absolute atomic E-state index is 13.5. The fourth-order valence-electron chi connectivity index (χ4n) is 9.57. The van der Waals surface area contributed by atoms with Gasteiger partial charge in [0, 0.05) is 39.4 Å². The van der Waals surface area contributed by atoms with Crippen LogP contribution in [0.25, 0.3) is 10.9 Å². The molecule has 232 valence electrons. The number of ketones is 1. The molecule has 8 rings (SSSR count). The van der Waals surface area contributed by atoms with Crippen molar-refractivity contribution in [2.24, 2.45) is 11.3 Å². The highest BCUT2D eigenvalue weighted by Crippen LogP contribution is 2.72. The number of halogens is 3. The van der Waals surface area contributed by atoms with Crippen molar-refractivity contribution in [1.29, 1.82) is 0 Å². The van der Waals surface area contributed by atoms with Gasteiger partial charge in [-0.3, -0.25) is 4.79 Å². The quantitative estimate of drug-likeness (QED) is 0.354. The Balaban J connectivity index is 1.26. The zero-order chi connectivity index (χ0) is 31.1. The highest BCUT2D eigenvalue weighted by atomic mass is 19.4. The van der Waals surface area contributed by atoms with Gasteiger partial charge in [-0.2, -0.15) is 13.2 Å². The third-order valence-electron chi connectivity index (χ3n) is 12.0. The second-order valence-electron chi connectivity index (χ2n) is 14.4. The fourth-order valence-corrected chi connectivity index (χ4v) is 9.57. The van der Waals surface area contributed by atoms with Gasteiger partial charge in [0.2, 0.25) is 0 Å². The van der Waals surface area contributed by atoms with Crippen LogP contribution in [-0.4, -0.2) is 45.1 Å². The third-order valence-corrected chi connectivity index (χ3v) is 12.0. The number of H-pyrrole nitrogens is 1. The van der Waals surface area contributed by atoms with E-state index >= 15 is 0 Å². The second kappa shape index (κ2) is 8.63. The zero-order valence-electron chi connectivity index (χ0n) is 25.2. The maximum atomic E-state index is 13.5. The van der Waals surface area contributed by atoms with E-state index in [9.17, 15) is 23.1 Å². The van der Waals surface area contributed by atoms with Gasteiger partial charge in [-0.1, -0.05) is 44.2 Å². The summed E-state index contributed by atoms with van der Waals surface area (Å²) < 4.78 is 59.2. The summed E-state index contributed by atoms with van der Waals surface area (Å²) in [5.74, 6) is -1.40. The summed E-state index contributed by atoms with van der Waals surface area (Å²) >= 11 is 0. The number of aliphatic hydroxyl groups is 1. The molecule has 44 heavy (non-hydrogen) atoms. The molecule has 3 aliphatic carbocycles. The second-order valence-corrected chi connectivity index (χ2v) is 14.4. The van der Waals surface area contributed by atoms with E-state index in [1.165, 1.54) is 23.1 Å². The molecule has 3 fully saturated rings. The lowest BCUT2D eigenvalue weighted by Crippen LogP contribution is -2.74. The predicted molar refractivity (Wildman–Crippen MR) is 156 cm³/mol. The Kier molecular flexibility index (Phi) is 5.59. The lowest BCUT2D eigenvalue weighted by atomic mass is 9.41. The molecule has 0 radical (unpaired) electrons. The van der Waals surface area contributed by atoms with Crippen LogP contribution < -0.4 is 0 Å². The van der Waals surface area contributed by atoms with Gasteiger partial charge in [0.25, 0.3) is 0 Å². The molecule has 1 spiro atoms. The fraction of sp³-hybridized carbons (Fsp3) is 0.514. The minimum absolute atomic E-state index is 0.00289. The van der Waals surface area contributed by atoms with Gasteiger partial charge >= 0.3 is 6.18 Å². The Morgan fingerprint density at radius 1 is 1.05 bits per heavy atom. The number of para-hydroxylation sites is 1. The molecular formula is C35H36F3NO5. The zero-order valence-corrected chi connectivity index (χ0v) is 25.2. The van der Waals surface area contributed by atoms with Gasteiger partial charge in [-0.25, -0.2) is 0 Å². The van der Waals surface area contributed by atoms with Crippen molar-refractivity contribution in [2.75, 3.05) is 0 Å². The van der Waals surface area contributed by atoms with Gasteiger partial charge in [-0.05, 0) is 74.4 Å². The molecule has 2 bridgehead atoms. The Morgan fingerprint density at radius 2 is 1.77 bits per heavy atom. The Morgan fingerprint density at radius 3 is 2.50 bits per heavy atom. The number of nitrogens with one attached hydrogen (secondary N) is 1. The van der Waals surface area contributed by atoms with Gasteiger partial charge in [-0.15, -0.1) is 0 Å². The molecular weight excluding hydrogens is 571 g/mol. The van der Waals surface area contributed by atoms with Crippen LogP contribution >= 0.6 is 0 Å². The number of carbonyl (C=O) groups is 1. The van der Waals surface area contributed by atoms with Crippen molar-refractivity contribution < 1.29 is 37.3 Å². The van der Waals surface area contributed by atoms with Gasteiger partial charge in [0.15, 0.2) is 17.7 Å². The molecule has 3 heterocycles. The molecule has 2 saturated carbocycles. The van der Waals surface area contributed by atoms with Crippen LogP contribution in [0.2, 0.25) is 0 Å². The van der Waals surface area contributed by atoms with Crippen LogP contribution in [0.15, 0.2) is 60.2 Å². The van der Waals surface area contributed by atoms with Crippen LogP contribution in [0.1, 0.15) is 69.3 Å². The molecule has 2 aromatic carbocycles. The predicted octanol–water partition coefficient (Wildman–Crippen LogP) is 6.54. The number of alkyl halides is 3. The number of ether oxygens (including phenoxy) is 3. The van der Waals surface area contributed by atoms with Crippen LogP contribution in [0, 0.1) is 11.3 Å². The first-order chi connectivity index (χ1) is 20.6. The minimum atomic E-state index is -4.43. The molecule has 3 aromatic rings.